The van der Waals surface area contributed by atoms with Crippen molar-refractivity contribution < 1.29 is 9.18 Å². The average Bonchev–Trinajstić information content (AvgIpc) is 3.15. The molecule has 0 spiro atoms. The molecule has 1 amide bonds. The molecule has 0 aliphatic heterocycles. The minimum Gasteiger partial charge on any atom is -0.352 e. The number of carbonyl (C=O) groups is 1. The van der Waals surface area contributed by atoms with Gasteiger partial charge in [-0.05, 0) is 69.2 Å². The van der Waals surface area contributed by atoms with Gasteiger partial charge in [0.25, 0.3) is 5.91 Å². The van der Waals surface area contributed by atoms with Crippen LogP contribution < -0.4 is 10.6 Å². The van der Waals surface area contributed by atoms with Gasteiger partial charge in [0, 0.05) is 29.1 Å². The number of carbonyl (C=O) groups excluding carboxylic acids is 1. The van der Waals surface area contributed by atoms with E-state index in [1.165, 1.54) is 12.3 Å². The minimum absolute atomic E-state index is 0.253. The number of aryl methyl sites for hydroxylation is 1. The molecule has 9 heteroatoms. The highest BCUT2D eigenvalue weighted by molar-refractivity contribution is 14.1. The Labute approximate surface area is 177 Å². The Morgan fingerprint density at radius 3 is 2.89 bits per heavy atom. The quantitative estimate of drug-likeness (QED) is 0.264. The first-order valence-electron chi connectivity index (χ1n) is 8.14. The summed E-state index contributed by atoms with van der Waals surface area (Å²) >= 11 is 5.32. The summed E-state index contributed by atoms with van der Waals surface area (Å²) in [4.78, 5) is 20.7. The van der Waals surface area contributed by atoms with Crippen LogP contribution in [0.3, 0.4) is 0 Å². The fourth-order valence-electron chi connectivity index (χ4n) is 2.43. The summed E-state index contributed by atoms with van der Waals surface area (Å²) in [5.41, 5.74) is 1.11. The van der Waals surface area contributed by atoms with E-state index in [4.69, 9.17) is 0 Å². The second-order valence-corrected chi connectivity index (χ2v) is 7.77. The van der Waals surface area contributed by atoms with Gasteiger partial charge >= 0.3 is 0 Å². The Bertz CT molecular complexity index is 936. The summed E-state index contributed by atoms with van der Waals surface area (Å²) < 4.78 is 17.4. The molecule has 3 aromatic rings. The molecule has 27 heavy (non-hydrogen) atoms. The molecule has 0 fully saturated rings. The van der Waals surface area contributed by atoms with Crippen molar-refractivity contribution in [2.45, 2.75) is 13.0 Å². The topological polar surface area (TPSA) is 71.8 Å². The Morgan fingerprint density at radius 1 is 1.30 bits per heavy atom. The van der Waals surface area contributed by atoms with E-state index in [1.807, 2.05) is 33.4 Å². The number of amides is 1. The lowest BCUT2D eigenvalue weighted by molar-refractivity contribution is 0.0953. The maximum Gasteiger partial charge on any atom is 0.253 e. The molecule has 0 bridgehead atoms. The number of halogens is 3. The smallest absolute Gasteiger partial charge is 0.253 e. The molecule has 0 saturated heterocycles. The van der Waals surface area contributed by atoms with Crippen LogP contribution in [0.4, 0.5) is 15.8 Å². The number of imidazole rings is 1. The number of rotatable bonds is 7. The van der Waals surface area contributed by atoms with Gasteiger partial charge in [0.1, 0.15) is 10.4 Å². The SMILES string of the molecule is O=C(NCCCn1ccnc1)c1cc(Br)ncc1Nc1ccc(I)cc1F. The highest BCUT2D eigenvalue weighted by atomic mass is 127. The van der Waals surface area contributed by atoms with Gasteiger partial charge in [0.15, 0.2) is 0 Å². The lowest BCUT2D eigenvalue weighted by Gasteiger charge is -2.13. The van der Waals surface area contributed by atoms with E-state index < -0.39 is 5.82 Å². The van der Waals surface area contributed by atoms with Crippen molar-refractivity contribution in [2.75, 3.05) is 11.9 Å². The van der Waals surface area contributed by atoms with Gasteiger partial charge in [-0.15, -0.1) is 0 Å². The van der Waals surface area contributed by atoms with Gasteiger partial charge < -0.3 is 15.2 Å². The van der Waals surface area contributed by atoms with Crippen LogP contribution in [-0.4, -0.2) is 27.0 Å². The zero-order chi connectivity index (χ0) is 19.2. The molecule has 2 aromatic heterocycles. The fraction of sp³-hybridized carbons (Fsp3) is 0.167. The van der Waals surface area contributed by atoms with Crippen LogP contribution >= 0.6 is 38.5 Å². The van der Waals surface area contributed by atoms with Gasteiger partial charge in [0.05, 0.1) is 29.5 Å². The second kappa shape index (κ2) is 9.27. The molecular formula is C18H16BrFIN5O. The van der Waals surface area contributed by atoms with Crippen molar-refractivity contribution in [3.63, 3.8) is 0 Å². The Kier molecular flexibility index (Phi) is 6.78. The van der Waals surface area contributed by atoms with Crippen molar-refractivity contribution in [1.29, 1.82) is 0 Å². The summed E-state index contributed by atoms with van der Waals surface area (Å²) in [5, 5.41) is 5.84. The van der Waals surface area contributed by atoms with Crippen LogP contribution in [0, 0.1) is 9.39 Å². The number of hydrogen-bond donors (Lipinski definition) is 2. The van der Waals surface area contributed by atoms with Crippen LogP contribution in [0.2, 0.25) is 0 Å². The Balaban J connectivity index is 1.68. The molecule has 6 nitrogen and oxygen atoms in total. The van der Waals surface area contributed by atoms with Crippen LogP contribution in [-0.2, 0) is 6.54 Å². The third-order valence-corrected chi connectivity index (χ3v) is 4.86. The summed E-state index contributed by atoms with van der Waals surface area (Å²) in [7, 11) is 0. The zero-order valence-electron chi connectivity index (χ0n) is 14.1. The van der Waals surface area contributed by atoms with Gasteiger partial charge in [-0.25, -0.2) is 14.4 Å². The number of nitrogens with zero attached hydrogens (tertiary/aromatic N) is 3. The summed E-state index contributed by atoms with van der Waals surface area (Å²) in [6.45, 7) is 1.27. The maximum atomic E-state index is 14.1. The van der Waals surface area contributed by atoms with Crippen molar-refractivity contribution >= 4 is 55.8 Å². The average molecular weight is 544 g/mol. The molecule has 140 valence electrons. The fourth-order valence-corrected chi connectivity index (χ4v) is 3.22. The molecule has 0 aliphatic carbocycles. The summed E-state index contributed by atoms with van der Waals surface area (Å²) in [5.74, 6) is -0.645. The molecule has 0 unspecified atom stereocenters. The molecule has 1 aromatic carbocycles. The molecule has 0 atom stereocenters. The first-order valence-corrected chi connectivity index (χ1v) is 10.0. The van der Waals surface area contributed by atoms with Crippen LogP contribution in [0.5, 0.6) is 0 Å². The van der Waals surface area contributed by atoms with Gasteiger partial charge in [0.2, 0.25) is 0 Å². The van der Waals surface area contributed by atoms with E-state index in [0.717, 1.165) is 16.5 Å². The number of benzene rings is 1. The lowest BCUT2D eigenvalue weighted by atomic mass is 10.2. The monoisotopic (exact) mass is 543 g/mol. The highest BCUT2D eigenvalue weighted by Gasteiger charge is 2.14. The summed E-state index contributed by atoms with van der Waals surface area (Å²) in [6, 6.07) is 6.45. The Morgan fingerprint density at radius 2 is 2.15 bits per heavy atom. The molecule has 2 heterocycles. The van der Waals surface area contributed by atoms with Gasteiger partial charge in [-0.1, -0.05) is 0 Å². The van der Waals surface area contributed by atoms with Crippen LogP contribution in [0.25, 0.3) is 0 Å². The van der Waals surface area contributed by atoms with Gasteiger partial charge in [-0.3, -0.25) is 4.79 Å². The molecule has 0 saturated carbocycles. The standard InChI is InChI=1S/C18H16BrFIN5O/c19-17-9-13(18(27)23-4-1-6-26-7-5-22-11-26)16(10-24-17)25-15-3-2-12(21)8-14(15)20/h2-3,5,7-11,25H,1,4,6H2,(H,23,27). The molecule has 0 radical (unpaired) electrons. The third kappa shape index (κ3) is 5.48. The van der Waals surface area contributed by atoms with E-state index in [1.54, 1.807) is 30.7 Å². The lowest BCUT2D eigenvalue weighted by Crippen LogP contribution is -2.26. The molecule has 0 aliphatic rings. The normalized spacial score (nSPS) is 10.6. The molecule has 3 rings (SSSR count). The first-order chi connectivity index (χ1) is 13.0. The Hall–Kier alpha value is -2.01. The number of aromatic nitrogens is 3. The highest BCUT2D eigenvalue weighted by Crippen LogP contribution is 2.25. The third-order valence-electron chi connectivity index (χ3n) is 3.75. The van der Waals surface area contributed by atoms with E-state index in [2.05, 4.69) is 36.5 Å². The van der Waals surface area contributed by atoms with Crippen molar-refractivity contribution in [3.05, 3.63) is 68.7 Å². The van der Waals surface area contributed by atoms with Crippen molar-refractivity contribution in [2.24, 2.45) is 0 Å². The van der Waals surface area contributed by atoms with Crippen molar-refractivity contribution in [1.82, 2.24) is 19.9 Å². The molecule has 2 N–H and O–H groups in total. The van der Waals surface area contributed by atoms with E-state index in [-0.39, 0.29) is 11.6 Å². The van der Waals surface area contributed by atoms with Crippen LogP contribution in [0.15, 0.2) is 53.8 Å². The van der Waals surface area contributed by atoms with E-state index in [9.17, 15) is 9.18 Å². The predicted molar refractivity (Wildman–Crippen MR) is 114 cm³/mol. The van der Waals surface area contributed by atoms with Gasteiger partial charge in [-0.2, -0.15) is 0 Å². The number of anilines is 2. The minimum atomic E-state index is -0.392. The van der Waals surface area contributed by atoms with E-state index >= 15 is 0 Å². The van der Waals surface area contributed by atoms with Crippen molar-refractivity contribution in [3.8, 4) is 0 Å². The van der Waals surface area contributed by atoms with E-state index in [0.29, 0.717) is 22.4 Å². The molecular weight excluding hydrogens is 528 g/mol. The number of pyridine rings is 1. The summed E-state index contributed by atoms with van der Waals surface area (Å²) in [6.07, 6.45) is 7.60. The second-order valence-electron chi connectivity index (χ2n) is 5.71. The predicted octanol–water partition coefficient (Wildman–Crippen LogP) is 4.35. The zero-order valence-corrected chi connectivity index (χ0v) is 17.9. The maximum absolute atomic E-state index is 14.1. The number of hydrogen-bond acceptors (Lipinski definition) is 4. The first kappa shape index (κ1) is 19.7. The largest absolute Gasteiger partial charge is 0.352 e. The number of nitrogens with one attached hydrogen (secondary N) is 2. The van der Waals surface area contributed by atoms with Crippen LogP contribution in [0.1, 0.15) is 16.8 Å².